The summed E-state index contributed by atoms with van der Waals surface area (Å²) < 4.78 is 1.98. The van der Waals surface area contributed by atoms with Crippen molar-refractivity contribution in [2.45, 2.75) is 65.3 Å². The molecule has 0 atom stereocenters. The van der Waals surface area contributed by atoms with E-state index < -0.39 is 0 Å². The Morgan fingerprint density at radius 2 is 1.67 bits per heavy atom. The Bertz CT molecular complexity index is 1120. The van der Waals surface area contributed by atoms with Crippen LogP contribution in [0.4, 0.5) is 5.82 Å². The summed E-state index contributed by atoms with van der Waals surface area (Å²) in [4.78, 5) is 15.1. The number of carbonyl (C=O) groups excluding carboxylic acids is 1. The van der Waals surface area contributed by atoms with E-state index in [0.29, 0.717) is 6.04 Å². The van der Waals surface area contributed by atoms with Crippen molar-refractivity contribution in [1.82, 2.24) is 25.3 Å². The first-order valence-corrected chi connectivity index (χ1v) is 12.3. The van der Waals surface area contributed by atoms with E-state index in [0.717, 1.165) is 78.5 Å². The largest absolute Gasteiger partial charge is 0.353 e. The summed E-state index contributed by atoms with van der Waals surface area (Å²) in [7, 11) is 0. The van der Waals surface area contributed by atoms with Crippen LogP contribution in [0.1, 0.15) is 56.8 Å². The maximum absolute atomic E-state index is 12.9. The SMILES string of the molecule is Cc1nnc(N2CCC(C(=O)NC3CCC(C)CC3)CC2)c2nn(-c3ccccc3)c(C)c12. The number of para-hydroxylation sites is 1. The van der Waals surface area contributed by atoms with Gasteiger partial charge in [0, 0.05) is 25.0 Å². The van der Waals surface area contributed by atoms with Crippen LogP contribution in [0.25, 0.3) is 16.6 Å². The molecular weight excluding hydrogens is 412 g/mol. The van der Waals surface area contributed by atoms with Gasteiger partial charge in [0.2, 0.25) is 5.91 Å². The predicted molar refractivity (Wildman–Crippen MR) is 131 cm³/mol. The minimum atomic E-state index is 0.0816. The van der Waals surface area contributed by atoms with Crippen LogP contribution in [0.2, 0.25) is 0 Å². The third-order valence-corrected chi connectivity index (χ3v) is 7.51. The summed E-state index contributed by atoms with van der Waals surface area (Å²) in [5.41, 5.74) is 3.89. The molecule has 0 spiro atoms. The minimum absolute atomic E-state index is 0.0816. The average Bonchev–Trinajstić information content (AvgIpc) is 3.19. The number of nitrogens with zero attached hydrogens (tertiary/aromatic N) is 5. The maximum atomic E-state index is 12.9. The molecule has 33 heavy (non-hydrogen) atoms. The Kier molecular flexibility index (Phi) is 6.04. The van der Waals surface area contributed by atoms with Crippen molar-refractivity contribution in [3.8, 4) is 5.69 Å². The van der Waals surface area contributed by atoms with Crippen molar-refractivity contribution in [2.75, 3.05) is 18.0 Å². The van der Waals surface area contributed by atoms with Crippen LogP contribution in [-0.2, 0) is 4.79 Å². The van der Waals surface area contributed by atoms with Crippen molar-refractivity contribution < 1.29 is 4.79 Å². The molecule has 3 aromatic rings. The Morgan fingerprint density at radius 3 is 2.36 bits per heavy atom. The number of hydrogen-bond donors (Lipinski definition) is 1. The van der Waals surface area contributed by atoms with Gasteiger partial charge in [0.05, 0.1) is 22.5 Å². The lowest BCUT2D eigenvalue weighted by Gasteiger charge is -2.33. The Labute approximate surface area is 195 Å². The molecule has 2 aromatic heterocycles. The molecule has 1 N–H and O–H groups in total. The van der Waals surface area contributed by atoms with Gasteiger partial charge in [0.25, 0.3) is 0 Å². The van der Waals surface area contributed by atoms with Crippen LogP contribution in [0.15, 0.2) is 30.3 Å². The molecule has 5 rings (SSSR count). The number of anilines is 1. The van der Waals surface area contributed by atoms with E-state index in [2.05, 4.69) is 46.4 Å². The highest BCUT2D eigenvalue weighted by atomic mass is 16.1. The third kappa shape index (κ3) is 4.33. The Hall–Kier alpha value is -2.96. The predicted octanol–water partition coefficient (Wildman–Crippen LogP) is 4.34. The number of benzene rings is 1. The second-order valence-corrected chi connectivity index (χ2v) is 9.89. The fourth-order valence-corrected chi connectivity index (χ4v) is 5.42. The lowest BCUT2D eigenvalue weighted by atomic mass is 9.86. The van der Waals surface area contributed by atoms with Gasteiger partial charge in [-0.2, -0.15) is 10.2 Å². The van der Waals surface area contributed by atoms with Gasteiger partial charge in [0.15, 0.2) is 5.82 Å². The number of amides is 1. The number of fused-ring (bicyclic) bond motifs is 1. The van der Waals surface area contributed by atoms with E-state index in [1.807, 2.05) is 29.8 Å². The molecule has 1 aliphatic carbocycles. The summed E-state index contributed by atoms with van der Waals surface area (Å²) in [6.45, 7) is 7.98. The summed E-state index contributed by atoms with van der Waals surface area (Å²) in [6, 6.07) is 10.5. The molecule has 3 heterocycles. The number of carbonyl (C=O) groups is 1. The van der Waals surface area contributed by atoms with Gasteiger partial charge in [-0.05, 0) is 70.4 Å². The van der Waals surface area contributed by atoms with Crippen molar-refractivity contribution in [3.63, 3.8) is 0 Å². The summed E-state index contributed by atoms with van der Waals surface area (Å²) in [5.74, 6) is 1.94. The number of rotatable bonds is 4. The highest BCUT2D eigenvalue weighted by molar-refractivity contribution is 5.92. The van der Waals surface area contributed by atoms with Gasteiger partial charge in [-0.15, -0.1) is 5.10 Å². The van der Waals surface area contributed by atoms with E-state index in [4.69, 9.17) is 5.10 Å². The van der Waals surface area contributed by atoms with Gasteiger partial charge in [0.1, 0.15) is 5.52 Å². The van der Waals surface area contributed by atoms with E-state index in [1.54, 1.807) is 0 Å². The molecule has 1 saturated carbocycles. The van der Waals surface area contributed by atoms with Gasteiger partial charge in [-0.1, -0.05) is 25.1 Å². The topological polar surface area (TPSA) is 75.9 Å². The normalized spacial score (nSPS) is 22.0. The molecule has 0 radical (unpaired) electrons. The quantitative estimate of drug-likeness (QED) is 0.645. The van der Waals surface area contributed by atoms with Crippen LogP contribution in [0.3, 0.4) is 0 Å². The highest BCUT2D eigenvalue weighted by Crippen LogP contribution is 2.32. The molecule has 1 aromatic carbocycles. The number of aryl methyl sites for hydroxylation is 2. The van der Waals surface area contributed by atoms with Crippen molar-refractivity contribution in [1.29, 1.82) is 0 Å². The van der Waals surface area contributed by atoms with Crippen LogP contribution in [0.5, 0.6) is 0 Å². The fourth-order valence-electron chi connectivity index (χ4n) is 5.42. The number of hydrogen-bond acceptors (Lipinski definition) is 5. The highest BCUT2D eigenvalue weighted by Gasteiger charge is 2.30. The van der Waals surface area contributed by atoms with Gasteiger partial charge in [-0.3, -0.25) is 4.79 Å². The zero-order chi connectivity index (χ0) is 22.9. The number of piperidine rings is 1. The molecule has 0 unspecified atom stereocenters. The van der Waals surface area contributed by atoms with Gasteiger partial charge < -0.3 is 10.2 Å². The number of aromatic nitrogens is 4. The van der Waals surface area contributed by atoms with Gasteiger partial charge >= 0.3 is 0 Å². The first kappa shape index (κ1) is 21.9. The molecular formula is C26H34N6O. The molecule has 1 aliphatic heterocycles. The number of nitrogens with one attached hydrogen (secondary N) is 1. The monoisotopic (exact) mass is 446 g/mol. The van der Waals surface area contributed by atoms with E-state index in [-0.39, 0.29) is 11.8 Å². The van der Waals surface area contributed by atoms with E-state index >= 15 is 0 Å². The zero-order valence-electron chi connectivity index (χ0n) is 19.9. The molecule has 174 valence electrons. The average molecular weight is 447 g/mol. The summed E-state index contributed by atoms with van der Waals surface area (Å²) in [5, 5.41) is 18.4. The maximum Gasteiger partial charge on any atom is 0.223 e. The second kappa shape index (κ2) is 9.12. The smallest absolute Gasteiger partial charge is 0.223 e. The first-order valence-electron chi connectivity index (χ1n) is 12.3. The van der Waals surface area contributed by atoms with Crippen molar-refractivity contribution in [2.24, 2.45) is 11.8 Å². The molecule has 7 heteroatoms. The lowest BCUT2D eigenvalue weighted by Crippen LogP contribution is -2.45. The molecule has 2 fully saturated rings. The van der Waals surface area contributed by atoms with Crippen LogP contribution in [-0.4, -0.2) is 45.0 Å². The zero-order valence-corrected chi connectivity index (χ0v) is 19.9. The molecule has 2 aliphatic rings. The second-order valence-electron chi connectivity index (χ2n) is 9.89. The first-order chi connectivity index (χ1) is 16.0. The molecule has 7 nitrogen and oxygen atoms in total. The van der Waals surface area contributed by atoms with Crippen molar-refractivity contribution in [3.05, 3.63) is 41.7 Å². The Morgan fingerprint density at radius 1 is 0.970 bits per heavy atom. The lowest BCUT2D eigenvalue weighted by molar-refractivity contribution is -0.126. The summed E-state index contributed by atoms with van der Waals surface area (Å²) in [6.07, 6.45) is 6.36. The molecule has 1 saturated heterocycles. The fraction of sp³-hybridized carbons (Fsp3) is 0.538. The van der Waals surface area contributed by atoms with Crippen LogP contribution in [0, 0.1) is 25.7 Å². The van der Waals surface area contributed by atoms with Crippen LogP contribution < -0.4 is 10.2 Å². The summed E-state index contributed by atoms with van der Waals surface area (Å²) >= 11 is 0. The van der Waals surface area contributed by atoms with Crippen molar-refractivity contribution >= 4 is 22.6 Å². The van der Waals surface area contributed by atoms with Crippen LogP contribution >= 0.6 is 0 Å². The van der Waals surface area contributed by atoms with Gasteiger partial charge in [-0.25, -0.2) is 4.68 Å². The Balaban J connectivity index is 1.31. The molecule has 1 amide bonds. The van der Waals surface area contributed by atoms with E-state index in [1.165, 1.54) is 12.8 Å². The van der Waals surface area contributed by atoms with E-state index in [9.17, 15) is 4.79 Å². The minimum Gasteiger partial charge on any atom is -0.353 e. The standard InChI is InChI=1S/C26H34N6O/c1-17-9-11-21(12-10-17)27-26(33)20-13-15-31(16-14-20)25-24-23(18(2)28-29-25)19(3)32(30-24)22-7-5-4-6-8-22/h4-8,17,20-21H,9-16H2,1-3H3,(H,27,33). The molecule has 0 bridgehead atoms. The third-order valence-electron chi connectivity index (χ3n) is 7.51.